The van der Waals surface area contributed by atoms with E-state index in [1.165, 1.54) is 5.69 Å². The van der Waals surface area contributed by atoms with Crippen molar-refractivity contribution in [2.75, 3.05) is 33.4 Å². The zero-order valence-corrected chi connectivity index (χ0v) is 13.0. The normalized spacial score (nSPS) is 23.3. The van der Waals surface area contributed by atoms with Crippen molar-refractivity contribution in [2.24, 2.45) is 5.41 Å². The number of imidazole rings is 1. The summed E-state index contributed by atoms with van der Waals surface area (Å²) in [5.74, 6) is 0. The van der Waals surface area contributed by atoms with Crippen LogP contribution in [0, 0.1) is 5.41 Å². The van der Waals surface area contributed by atoms with Gasteiger partial charge in [-0.3, -0.25) is 4.90 Å². The fourth-order valence-corrected chi connectivity index (χ4v) is 3.21. The average molecular weight is 293 g/mol. The Morgan fingerprint density at radius 3 is 3.14 bits per heavy atom. The van der Waals surface area contributed by atoms with E-state index in [-0.39, 0.29) is 12.0 Å². The van der Waals surface area contributed by atoms with Gasteiger partial charge < -0.3 is 14.4 Å². The summed E-state index contributed by atoms with van der Waals surface area (Å²) in [6.45, 7) is 8.48. The van der Waals surface area contributed by atoms with Crippen LogP contribution >= 0.6 is 0 Å². The van der Waals surface area contributed by atoms with Gasteiger partial charge in [-0.25, -0.2) is 4.98 Å². The number of aromatic nitrogens is 2. The summed E-state index contributed by atoms with van der Waals surface area (Å²) in [5, 5.41) is 9.78. The second-order valence-corrected chi connectivity index (χ2v) is 6.04. The van der Waals surface area contributed by atoms with Gasteiger partial charge in [0.05, 0.1) is 25.2 Å². The van der Waals surface area contributed by atoms with Crippen molar-refractivity contribution in [3.05, 3.63) is 30.9 Å². The summed E-state index contributed by atoms with van der Waals surface area (Å²) in [4.78, 5) is 6.67. The lowest BCUT2D eigenvalue weighted by Crippen LogP contribution is -2.45. The smallest absolute Gasteiger partial charge is 0.0949 e. The summed E-state index contributed by atoms with van der Waals surface area (Å²) in [6, 6.07) is 0. The number of hydrogen-bond donors (Lipinski definition) is 1. The van der Waals surface area contributed by atoms with E-state index in [1.807, 2.05) is 18.6 Å². The highest BCUT2D eigenvalue weighted by atomic mass is 16.5. The largest absolute Gasteiger partial charge is 0.396 e. The van der Waals surface area contributed by atoms with Crippen LogP contribution in [0.25, 0.3) is 0 Å². The maximum Gasteiger partial charge on any atom is 0.0949 e. The Morgan fingerprint density at radius 1 is 1.57 bits per heavy atom. The fraction of sp³-hybridized carbons (Fsp3) is 0.688. The molecule has 1 N–H and O–H groups in total. The number of piperidine rings is 1. The summed E-state index contributed by atoms with van der Waals surface area (Å²) >= 11 is 0. The van der Waals surface area contributed by atoms with E-state index in [0.29, 0.717) is 6.61 Å². The lowest BCUT2D eigenvalue weighted by molar-refractivity contribution is 0.0298. The van der Waals surface area contributed by atoms with Crippen LogP contribution in [0.3, 0.4) is 0 Å². The molecule has 118 valence electrons. The second-order valence-electron chi connectivity index (χ2n) is 6.04. The summed E-state index contributed by atoms with van der Waals surface area (Å²) in [5.41, 5.74) is 1.19. The zero-order valence-electron chi connectivity index (χ0n) is 13.0. The summed E-state index contributed by atoms with van der Waals surface area (Å²) in [6.07, 6.45) is 8.81. The molecular formula is C16H27N3O2. The average Bonchev–Trinajstić information content (AvgIpc) is 2.93. The molecule has 2 heterocycles. The number of ether oxygens (including phenoxy) is 1. The Morgan fingerprint density at radius 2 is 2.43 bits per heavy atom. The Hall–Kier alpha value is -1.17. The molecule has 0 radical (unpaired) electrons. The fourth-order valence-electron chi connectivity index (χ4n) is 3.21. The van der Waals surface area contributed by atoms with E-state index in [1.54, 1.807) is 7.11 Å². The van der Waals surface area contributed by atoms with Crippen LogP contribution in [0.2, 0.25) is 0 Å². The van der Waals surface area contributed by atoms with Gasteiger partial charge in [0.15, 0.2) is 0 Å². The molecule has 21 heavy (non-hydrogen) atoms. The van der Waals surface area contributed by atoms with Gasteiger partial charge in [0, 0.05) is 38.4 Å². The van der Waals surface area contributed by atoms with Gasteiger partial charge in [-0.05, 0) is 25.8 Å². The molecule has 2 rings (SSSR count). The number of nitrogens with zero attached hydrogens (tertiary/aromatic N) is 3. The molecule has 1 fully saturated rings. The van der Waals surface area contributed by atoms with Gasteiger partial charge in [-0.1, -0.05) is 6.08 Å². The Balaban J connectivity index is 1.99. The predicted molar refractivity (Wildman–Crippen MR) is 82.9 cm³/mol. The summed E-state index contributed by atoms with van der Waals surface area (Å²) < 4.78 is 7.28. The van der Waals surface area contributed by atoms with Crippen LogP contribution in [0.15, 0.2) is 25.2 Å². The molecule has 1 aromatic rings. The van der Waals surface area contributed by atoms with Gasteiger partial charge in [0.25, 0.3) is 0 Å². The maximum absolute atomic E-state index is 9.78. The maximum atomic E-state index is 9.78. The van der Waals surface area contributed by atoms with Crippen LogP contribution < -0.4 is 0 Å². The number of likely N-dealkylation sites (tertiary alicyclic amines) is 1. The van der Waals surface area contributed by atoms with Crippen molar-refractivity contribution < 1.29 is 9.84 Å². The molecule has 0 aliphatic carbocycles. The minimum atomic E-state index is -0.0165. The van der Waals surface area contributed by atoms with Crippen molar-refractivity contribution in [2.45, 2.75) is 32.4 Å². The van der Waals surface area contributed by atoms with Crippen molar-refractivity contribution in [3.63, 3.8) is 0 Å². The number of aliphatic hydroxyl groups is 1. The lowest BCUT2D eigenvalue weighted by atomic mass is 9.78. The third-order valence-electron chi connectivity index (χ3n) is 4.37. The first-order chi connectivity index (χ1) is 10.2. The topological polar surface area (TPSA) is 50.5 Å². The number of methoxy groups -OCH3 is 1. The van der Waals surface area contributed by atoms with E-state index in [2.05, 4.69) is 21.0 Å². The molecule has 0 amide bonds. The van der Waals surface area contributed by atoms with Crippen molar-refractivity contribution >= 4 is 0 Å². The first kappa shape index (κ1) is 16.2. The SMILES string of the molecule is C=CC[C@@]1(CO)CCCN(Cc2cncn2CCOC)C1. The van der Waals surface area contributed by atoms with Gasteiger partial charge in [-0.15, -0.1) is 6.58 Å². The highest BCUT2D eigenvalue weighted by molar-refractivity contribution is 5.00. The molecule has 5 nitrogen and oxygen atoms in total. The van der Waals surface area contributed by atoms with E-state index >= 15 is 0 Å². The third kappa shape index (κ3) is 4.15. The zero-order chi connectivity index (χ0) is 15.1. The van der Waals surface area contributed by atoms with Crippen LogP contribution in [-0.2, 0) is 17.8 Å². The molecule has 1 aliphatic heterocycles. The minimum Gasteiger partial charge on any atom is -0.396 e. The first-order valence-electron chi connectivity index (χ1n) is 7.65. The van der Waals surface area contributed by atoms with Crippen LogP contribution in [-0.4, -0.2) is 53.0 Å². The monoisotopic (exact) mass is 293 g/mol. The van der Waals surface area contributed by atoms with E-state index in [0.717, 1.165) is 45.4 Å². The molecule has 1 aromatic heterocycles. The van der Waals surface area contributed by atoms with Crippen molar-refractivity contribution in [3.8, 4) is 0 Å². The highest BCUT2D eigenvalue weighted by Crippen LogP contribution is 2.33. The molecule has 1 saturated heterocycles. The van der Waals surface area contributed by atoms with E-state index < -0.39 is 0 Å². The Bertz CT molecular complexity index is 446. The quantitative estimate of drug-likeness (QED) is 0.741. The van der Waals surface area contributed by atoms with Gasteiger partial charge in [0.2, 0.25) is 0 Å². The highest BCUT2D eigenvalue weighted by Gasteiger charge is 2.33. The molecule has 0 aromatic carbocycles. The standard InChI is InChI=1S/C16H27N3O2/c1-3-5-16(13-20)6-4-7-18(12-16)11-15-10-17-14-19(15)8-9-21-2/h3,10,14,20H,1,4-9,11-13H2,2H3/t16-/m1/s1. The molecule has 1 atom stereocenters. The Labute approximate surface area is 127 Å². The predicted octanol–water partition coefficient (Wildman–Crippen LogP) is 1.68. The molecule has 5 heteroatoms. The minimum absolute atomic E-state index is 0.0165. The second kappa shape index (κ2) is 7.73. The molecule has 0 spiro atoms. The molecule has 1 aliphatic rings. The van der Waals surface area contributed by atoms with Crippen molar-refractivity contribution in [1.82, 2.24) is 14.5 Å². The van der Waals surface area contributed by atoms with E-state index in [9.17, 15) is 5.11 Å². The number of allylic oxidation sites excluding steroid dienone is 1. The van der Waals surface area contributed by atoms with Gasteiger partial charge >= 0.3 is 0 Å². The molecule has 0 bridgehead atoms. The summed E-state index contributed by atoms with van der Waals surface area (Å²) in [7, 11) is 1.71. The number of hydrogen-bond acceptors (Lipinski definition) is 4. The van der Waals surface area contributed by atoms with Gasteiger partial charge in [0.1, 0.15) is 0 Å². The van der Waals surface area contributed by atoms with Crippen LogP contribution in [0.5, 0.6) is 0 Å². The molecule has 0 saturated carbocycles. The van der Waals surface area contributed by atoms with Crippen LogP contribution in [0.4, 0.5) is 0 Å². The van der Waals surface area contributed by atoms with E-state index in [4.69, 9.17) is 4.74 Å². The molecular weight excluding hydrogens is 266 g/mol. The third-order valence-corrected chi connectivity index (χ3v) is 4.37. The first-order valence-corrected chi connectivity index (χ1v) is 7.65. The van der Waals surface area contributed by atoms with Crippen LogP contribution in [0.1, 0.15) is 25.0 Å². The molecule has 0 unspecified atom stereocenters. The number of rotatable bonds is 8. The number of aliphatic hydroxyl groups excluding tert-OH is 1. The van der Waals surface area contributed by atoms with Crippen molar-refractivity contribution in [1.29, 1.82) is 0 Å². The Kier molecular flexibility index (Phi) is 5.96. The van der Waals surface area contributed by atoms with Gasteiger partial charge in [-0.2, -0.15) is 0 Å². The lowest BCUT2D eigenvalue weighted by Gasteiger charge is -2.41.